The summed E-state index contributed by atoms with van der Waals surface area (Å²) < 4.78 is 0. The third-order valence-corrected chi connectivity index (χ3v) is 3.79. The Hall–Kier alpha value is -3.41. The van der Waals surface area contributed by atoms with E-state index >= 15 is 0 Å². The standard InChI is InChI=1S/C19H17N3O3/c1-13-7-5-6-10-15(13)20-17(23)12-22-18(24)16(21-19(22)25)11-14-8-3-2-4-9-14/h2-11H,12H2,1H3,(H,20,23)(H,21,25)/b16-11-. The van der Waals surface area contributed by atoms with Gasteiger partial charge in [-0.25, -0.2) is 9.69 Å². The third kappa shape index (κ3) is 3.74. The number of hydrogen-bond donors (Lipinski definition) is 2. The monoisotopic (exact) mass is 335 g/mol. The fourth-order valence-electron chi connectivity index (χ4n) is 2.48. The van der Waals surface area contributed by atoms with E-state index in [-0.39, 0.29) is 12.2 Å². The van der Waals surface area contributed by atoms with E-state index in [9.17, 15) is 14.4 Å². The zero-order chi connectivity index (χ0) is 17.8. The molecule has 4 amide bonds. The summed E-state index contributed by atoms with van der Waals surface area (Å²) in [5.74, 6) is -0.951. The highest BCUT2D eigenvalue weighted by atomic mass is 16.2. The molecule has 0 radical (unpaired) electrons. The van der Waals surface area contributed by atoms with Crippen LogP contribution in [0.3, 0.4) is 0 Å². The van der Waals surface area contributed by atoms with Crippen molar-refractivity contribution in [3.05, 3.63) is 71.4 Å². The van der Waals surface area contributed by atoms with E-state index in [2.05, 4.69) is 10.6 Å². The lowest BCUT2D eigenvalue weighted by Crippen LogP contribution is -2.38. The first-order valence-electron chi connectivity index (χ1n) is 7.79. The van der Waals surface area contributed by atoms with Gasteiger partial charge in [0.25, 0.3) is 5.91 Å². The Bertz CT molecular complexity index is 859. The lowest BCUT2D eigenvalue weighted by Gasteiger charge is -2.13. The number of hydrogen-bond acceptors (Lipinski definition) is 3. The highest BCUT2D eigenvalue weighted by molar-refractivity contribution is 6.15. The van der Waals surface area contributed by atoms with Crippen LogP contribution in [0, 0.1) is 6.92 Å². The van der Waals surface area contributed by atoms with Crippen LogP contribution < -0.4 is 10.6 Å². The van der Waals surface area contributed by atoms with Crippen molar-refractivity contribution >= 4 is 29.6 Å². The number of carbonyl (C=O) groups excluding carboxylic acids is 3. The quantitative estimate of drug-likeness (QED) is 0.666. The van der Waals surface area contributed by atoms with Crippen LogP contribution in [0.1, 0.15) is 11.1 Å². The van der Waals surface area contributed by atoms with Gasteiger partial charge >= 0.3 is 6.03 Å². The molecule has 126 valence electrons. The van der Waals surface area contributed by atoms with E-state index in [1.807, 2.05) is 49.4 Å². The van der Waals surface area contributed by atoms with Crippen molar-refractivity contribution in [2.45, 2.75) is 6.92 Å². The average Bonchev–Trinajstić information content (AvgIpc) is 2.85. The molecule has 0 aromatic heterocycles. The van der Waals surface area contributed by atoms with Gasteiger partial charge in [-0.3, -0.25) is 9.59 Å². The molecule has 0 atom stereocenters. The number of aryl methyl sites for hydroxylation is 1. The van der Waals surface area contributed by atoms with Crippen LogP contribution in [0.5, 0.6) is 0 Å². The fraction of sp³-hybridized carbons (Fsp3) is 0.105. The van der Waals surface area contributed by atoms with Gasteiger partial charge in [-0.1, -0.05) is 48.5 Å². The number of benzene rings is 2. The molecule has 2 N–H and O–H groups in total. The number of carbonyl (C=O) groups is 3. The SMILES string of the molecule is Cc1ccccc1NC(=O)CN1C(=O)N/C(=C\c2ccccc2)C1=O. The molecular weight excluding hydrogens is 318 g/mol. The van der Waals surface area contributed by atoms with Crippen LogP contribution in [0.15, 0.2) is 60.3 Å². The number of imide groups is 1. The van der Waals surface area contributed by atoms with Gasteiger partial charge in [0.1, 0.15) is 12.2 Å². The van der Waals surface area contributed by atoms with Gasteiger partial charge in [0, 0.05) is 5.69 Å². The van der Waals surface area contributed by atoms with E-state index in [4.69, 9.17) is 0 Å². The van der Waals surface area contributed by atoms with Crippen molar-refractivity contribution in [1.29, 1.82) is 0 Å². The Balaban J connectivity index is 1.70. The highest BCUT2D eigenvalue weighted by Crippen LogP contribution is 2.16. The Labute approximate surface area is 145 Å². The van der Waals surface area contributed by atoms with Gasteiger partial charge in [-0.05, 0) is 30.2 Å². The number of anilines is 1. The molecule has 1 heterocycles. The molecule has 0 bridgehead atoms. The van der Waals surface area contributed by atoms with E-state index in [0.29, 0.717) is 5.69 Å². The minimum atomic E-state index is -0.605. The maximum Gasteiger partial charge on any atom is 0.329 e. The van der Waals surface area contributed by atoms with Gasteiger partial charge in [-0.2, -0.15) is 0 Å². The molecule has 2 aromatic rings. The van der Waals surface area contributed by atoms with E-state index < -0.39 is 17.8 Å². The van der Waals surface area contributed by atoms with Gasteiger partial charge in [0.15, 0.2) is 0 Å². The van der Waals surface area contributed by atoms with Gasteiger partial charge < -0.3 is 10.6 Å². The first-order chi connectivity index (χ1) is 12.0. The number of para-hydroxylation sites is 1. The van der Waals surface area contributed by atoms with Crippen LogP contribution in [-0.2, 0) is 9.59 Å². The molecule has 1 aliphatic heterocycles. The van der Waals surface area contributed by atoms with Gasteiger partial charge in [-0.15, -0.1) is 0 Å². The number of nitrogens with zero attached hydrogens (tertiary/aromatic N) is 1. The summed E-state index contributed by atoms with van der Waals surface area (Å²) in [5.41, 5.74) is 2.49. The molecule has 6 nitrogen and oxygen atoms in total. The highest BCUT2D eigenvalue weighted by Gasteiger charge is 2.34. The van der Waals surface area contributed by atoms with Crippen molar-refractivity contribution in [3.8, 4) is 0 Å². The van der Waals surface area contributed by atoms with Crippen LogP contribution in [0.25, 0.3) is 6.08 Å². The van der Waals surface area contributed by atoms with Crippen molar-refractivity contribution < 1.29 is 14.4 Å². The second-order valence-electron chi connectivity index (χ2n) is 5.65. The molecule has 1 aliphatic rings. The first kappa shape index (κ1) is 16.4. The second kappa shape index (κ2) is 7.00. The zero-order valence-corrected chi connectivity index (χ0v) is 13.7. The lowest BCUT2D eigenvalue weighted by atomic mass is 10.2. The predicted molar refractivity (Wildman–Crippen MR) is 94.5 cm³/mol. The van der Waals surface area contributed by atoms with Crippen molar-refractivity contribution in [3.63, 3.8) is 0 Å². The summed E-state index contributed by atoms with van der Waals surface area (Å²) in [6.07, 6.45) is 1.58. The summed E-state index contributed by atoms with van der Waals surface area (Å²) in [6.45, 7) is 1.52. The Kier molecular flexibility index (Phi) is 4.61. The molecule has 1 fully saturated rings. The predicted octanol–water partition coefficient (Wildman–Crippen LogP) is 2.53. The van der Waals surface area contributed by atoms with Crippen LogP contribution >= 0.6 is 0 Å². The molecule has 3 rings (SSSR count). The molecule has 0 aliphatic carbocycles. The van der Waals surface area contributed by atoms with Crippen LogP contribution in [-0.4, -0.2) is 29.3 Å². The fourth-order valence-corrected chi connectivity index (χ4v) is 2.48. The number of nitrogens with one attached hydrogen (secondary N) is 2. The maximum absolute atomic E-state index is 12.4. The second-order valence-corrected chi connectivity index (χ2v) is 5.65. The molecule has 0 spiro atoms. The summed E-state index contributed by atoms with van der Waals surface area (Å²) >= 11 is 0. The maximum atomic E-state index is 12.4. The molecular formula is C19H17N3O3. The topological polar surface area (TPSA) is 78.5 Å². The molecule has 1 saturated heterocycles. The van der Waals surface area contributed by atoms with Crippen molar-refractivity contribution in [2.75, 3.05) is 11.9 Å². The van der Waals surface area contributed by atoms with Gasteiger partial charge in [0.2, 0.25) is 5.91 Å². The van der Waals surface area contributed by atoms with E-state index in [0.717, 1.165) is 16.0 Å². The molecule has 25 heavy (non-hydrogen) atoms. The Morgan fingerprint density at radius 2 is 1.76 bits per heavy atom. The third-order valence-electron chi connectivity index (χ3n) is 3.79. The van der Waals surface area contributed by atoms with E-state index in [1.165, 1.54) is 0 Å². The lowest BCUT2D eigenvalue weighted by molar-refractivity contribution is -0.127. The number of rotatable bonds is 4. The Morgan fingerprint density at radius 3 is 2.48 bits per heavy atom. The molecule has 0 unspecified atom stereocenters. The number of urea groups is 1. The van der Waals surface area contributed by atoms with Crippen molar-refractivity contribution in [2.24, 2.45) is 0 Å². The summed E-state index contributed by atoms with van der Waals surface area (Å²) in [4.78, 5) is 37.4. The van der Waals surface area contributed by atoms with Crippen LogP contribution in [0.4, 0.5) is 10.5 Å². The average molecular weight is 335 g/mol. The minimum Gasteiger partial charge on any atom is -0.324 e. The number of amides is 4. The molecule has 0 saturated carbocycles. The van der Waals surface area contributed by atoms with Crippen LogP contribution in [0.2, 0.25) is 0 Å². The molecule has 6 heteroatoms. The zero-order valence-electron chi connectivity index (χ0n) is 13.7. The summed E-state index contributed by atoms with van der Waals surface area (Å²) in [7, 11) is 0. The van der Waals surface area contributed by atoms with Gasteiger partial charge in [0.05, 0.1) is 0 Å². The summed E-state index contributed by atoms with van der Waals surface area (Å²) in [5, 5.41) is 5.21. The largest absolute Gasteiger partial charge is 0.329 e. The summed E-state index contributed by atoms with van der Waals surface area (Å²) in [6, 6.07) is 15.9. The smallest absolute Gasteiger partial charge is 0.324 e. The first-order valence-corrected chi connectivity index (χ1v) is 7.79. The Morgan fingerprint density at radius 1 is 1.08 bits per heavy atom. The van der Waals surface area contributed by atoms with E-state index in [1.54, 1.807) is 18.2 Å². The minimum absolute atomic E-state index is 0.153. The normalized spacial score (nSPS) is 15.4. The van der Waals surface area contributed by atoms with Crippen molar-refractivity contribution in [1.82, 2.24) is 10.2 Å². The molecule has 2 aromatic carbocycles.